The van der Waals surface area contributed by atoms with Crippen LogP contribution in [0.25, 0.3) is 5.70 Å². The summed E-state index contributed by atoms with van der Waals surface area (Å²) in [5.74, 6) is 0. The van der Waals surface area contributed by atoms with Gasteiger partial charge < -0.3 is 11.1 Å². The average Bonchev–Trinajstić information content (AvgIpc) is 2.48. The van der Waals surface area contributed by atoms with Gasteiger partial charge in [-0.25, -0.2) is 0 Å². The maximum atomic E-state index is 5.41. The molecule has 13 heavy (non-hydrogen) atoms. The van der Waals surface area contributed by atoms with Gasteiger partial charge in [0, 0.05) is 11.3 Å². The van der Waals surface area contributed by atoms with Crippen molar-refractivity contribution in [2.24, 2.45) is 5.73 Å². The fourth-order valence-corrected chi connectivity index (χ4v) is 1.64. The van der Waals surface area contributed by atoms with E-state index in [2.05, 4.69) is 23.5 Å². The zero-order valence-corrected chi connectivity index (χ0v) is 7.90. The van der Waals surface area contributed by atoms with Crippen molar-refractivity contribution in [2.75, 3.05) is 0 Å². The van der Waals surface area contributed by atoms with Gasteiger partial charge in [0.1, 0.15) is 0 Å². The SMILES string of the molecule is NC(=S)NC1=CCc2ccccc21. The van der Waals surface area contributed by atoms with Crippen molar-refractivity contribution >= 4 is 23.0 Å². The van der Waals surface area contributed by atoms with Crippen molar-refractivity contribution < 1.29 is 0 Å². The van der Waals surface area contributed by atoms with Gasteiger partial charge >= 0.3 is 0 Å². The molecule has 2 rings (SSSR count). The number of nitrogens with one attached hydrogen (secondary N) is 1. The molecule has 0 heterocycles. The molecule has 1 aliphatic rings. The van der Waals surface area contributed by atoms with E-state index >= 15 is 0 Å². The Morgan fingerprint density at radius 3 is 2.92 bits per heavy atom. The molecule has 0 spiro atoms. The summed E-state index contributed by atoms with van der Waals surface area (Å²) in [6.45, 7) is 0. The van der Waals surface area contributed by atoms with Crippen LogP contribution in [0.4, 0.5) is 0 Å². The van der Waals surface area contributed by atoms with Crippen LogP contribution in [0.2, 0.25) is 0 Å². The molecule has 0 unspecified atom stereocenters. The summed E-state index contributed by atoms with van der Waals surface area (Å²) < 4.78 is 0. The van der Waals surface area contributed by atoms with E-state index < -0.39 is 0 Å². The van der Waals surface area contributed by atoms with E-state index in [9.17, 15) is 0 Å². The van der Waals surface area contributed by atoms with E-state index in [0.717, 1.165) is 12.1 Å². The third-order valence-electron chi connectivity index (χ3n) is 2.09. The predicted molar refractivity (Wildman–Crippen MR) is 58.0 cm³/mol. The Morgan fingerprint density at radius 2 is 2.15 bits per heavy atom. The maximum Gasteiger partial charge on any atom is 0.168 e. The number of thiocarbonyl (C=S) groups is 1. The van der Waals surface area contributed by atoms with Crippen LogP contribution >= 0.6 is 12.2 Å². The quantitative estimate of drug-likeness (QED) is 0.658. The molecule has 0 fully saturated rings. The van der Waals surface area contributed by atoms with Gasteiger partial charge in [0.05, 0.1) is 0 Å². The second-order valence-electron chi connectivity index (χ2n) is 2.97. The number of allylic oxidation sites excluding steroid dienone is 1. The summed E-state index contributed by atoms with van der Waals surface area (Å²) in [6, 6.07) is 8.23. The molecule has 3 N–H and O–H groups in total. The zero-order chi connectivity index (χ0) is 9.26. The molecule has 0 bridgehead atoms. The van der Waals surface area contributed by atoms with Gasteiger partial charge in [-0.1, -0.05) is 30.3 Å². The Kier molecular flexibility index (Phi) is 2.02. The highest BCUT2D eigenvalue weighted by molar-refractivity contribution is 7.80. The van der Waals surface area contributed by atoms with Gasteiger partial charge in [-0.2, -0.15) is 0 Å². The van der Waals surface area contributed by atoms with Crippen LogP contribution in [0.15, 0.2) is 30.3 Å². The van der Waals surface area contributed by atoms with E-state index in [4.69, 9.17) is 18.0 Å². The molecule has 1 aromatic rings. The lowest BCUT2D eigenvalue weighted by Gasteiger charge is -2.06. The lowest BCUT2D eigenvalue weighted by Crippen LogP contribution is -2.27. The van der Waals surface area contributed by atoms with E-state index in [-0.39, 0.29) is 0 Å². The lowest BCUT2D eigenvalue weighted by atomic mass is 10.1. The summed E-state index contributed by atoms with van der Waals surface area (Å²) in [5, 5.41) is 3.29. The average molecular weight is 190 g/mol. The molecule has 1 aromatic carbocycles. The molecule has 2 nitrogen and oxygen atoms in total. The predicted octanol–water partition coefficient (Wildman–Crippen LogP) is 1.42. The Bertz CT molecular complexity index is 382. The number of nitrogens with two attached hydrogens (primary N) is 1. The molecule has 1 aliphatic carbocycles. The van der Waals surface area contributed by atoms with Crippen molar-refractivity contribution in [1.29, 1.82) is 0 Å². The normalized spacial score (nSPS) is 13.4. The molecule has 0 aromatic heterocycles. The molecule has 3 heteroatoms. The van der Waals surface area contributed by atoms with E-state index in [1.807, 2.05) is 12.1 Å². The largest absolute Gasteiger partial charge is 0.376 e. The number of hydrogen-bond acceptors (Lipinski definition) is 1. The minimum absolute atomic E-state index is 0.322. The molecule has 66 valence electrons. The van der Waals surface area contributed by atoms with Crippen molar-refractivity contribution in [3.8, 4) is 0 Å². The molecule has 0 saturated heterocycles. The number of hydrogen-bond donors (Lipinski definition) is 2. The van der Waals surface area contributed by atoms with E-state index in [0.29, 0.717) is 5.11 Å². The highest BCUT2D eigenvalue weighted by Crippen LogP contribution is 2.24. The van der Waals surface area contributed by atoms with Crippen molar-refractivity contribution in [3.05, 3.63) is 41.5 Å². The Morgan fingerprint density at radius 1 is 1.38 bits per heavy atom. The maximum absolute atomic E-state index is 5.41. The molecule has 0 saturated carbocycles. The first-order valence-electron chi connectivity index (χ1n) is 4.12. The molecule has 0 atom stereocenters. The van der Waals surface area contributed by atoms with Gasteiger partial charge in [0.25, 0.3) is 0 Å². The Labute approximate surface area is 82.4 Å². The fourth-order valence-electron chi connectivity index (χ4n) is 1.53. The van der Waals surface area contributed by atoms with Gasteiger partial charge in [0.2, 0.25) is 0 Å². The summed E-state index contributed by atoms with van der Waals surface area (Å²) in [4.78, 5) is 0. The van der Waals surface area contributed by atoms with Crippen molar-refractivity contribution in [1.82, 2.24) is 5.32 Å². The second-order valence-corrected chi connectivity index (χ2v) is 3.41. The monoisotopic (exact) mass is 190 g/mol. The number of rotatable bonds is 1. The summed E-state index contributed by atoms with van der Waals surface area (Å²) in [7, 11) is 0. The number of fused-ring (bicyclic) bond motifs is 1. The van der Waals surface area contributed by atoms with Crippen LogP contribution in [0.3, 0.4) is 0 Å². The first-order chi connectivity index (χ1) is 6.27. The van der Waals surface area contributed by atoms with Crippen LogP contribution < -0.4 is 11.1 Å². The van der Waals surface area contributed by atoms with Crippen LogP contribution in [0.5, 0.6) is 0 Å². The Balaban J connectivity index is 2.31. The first kappa shape index (κ1) is 8.26. The summed E-state index contributed by atoms with van der Waals surface area (Å²) in [5.41, 5.74) is 8.96. The molecule has 0 radical (unpaired) electrons. The topological polar surface area (TPSA) is 38.0 Å². The standard InChI is InChI=1S/C10H10N2S/c11-10(13)12-9-6-5-7-3-1-2-4-8(7)9/h1-4,6H,5H2,(H3,11,12,13). The number of benzene rings is 1. The third-order valence-corrected chi connectivity index (χ3v) is 2.19. The smallest absolute Gasteiger partial charge is 0.168 e. The fraction of sp³-hybridized carbons (Fsp3) is 0.100. The molecule has 0 amide bonds. The van der Waals surface area contributed by atoms with Crippen LogP contribution in [-0.2, 0) is 6.42 Å². The van der Waals surface area contributed by atoms with E-state index in [1.165, 1.54) is 11.1 Å². The lowest BCUT2D eigenvalue weighted by molar-refractivity contribution is 1.30. The molecular weight excluding hydrogens is 180 g/mol. The third kappa shape index (κ3) is 1.55. The molecular formula is C10H10N2S. The highest BCUT2D eigenvalue weighted by atomic mass is 32.1. The zero-order valence-electron chi connectivity index (χ0n) is 7.08. The van der Waals surface area contributed by atoms with Crippen molar-refractivity contribution in [3.63, 3.8) is 0 Å². The Hall–Kier alpha value is -1.35. The van der Waals surface area contributed by atoms with Gasteiger partial charge in [-0.05, 0) is 24.2 Å². The van der Waals surface area contributed by atoms with Crippen LogP contribution in [0.1, 0.15) is 11.1 Å². The minimum atomic E-state index is 0.322. The van der Waals surface area contributed by atoms with Gasteiger partial charge in [0.15, 0.2) is 5.11 Å². The second kappa shape index (κ2) is 3.18. The van der Waals surface area contributed by atoms with Crippen LogP contribution in [0, 0.1) is 0 Å². The highest BCUT2D eigenvalue weighted by Gasteiger charge is 2.12. The van der Waals surface area contributed by atoms with Crippen molar-refractivity contribution in [2.45, 2.75) is 6.42 Å². The summed E-state index contributed by atoms with van der Waals surface area (Å²) in [6.07, 6.45) is 3.06. The molecule has 0 aliphatic heterocycles. The minimum Gasteiger partial charge on any atom is -0.376 e. The van der Waals surface area contributed by atoms with Crippen LogP contribution in [-0.4, -0.2) is 5.11 Å². The summed E-state index contributed by atoms with van der Waals surface area (Å²) >= 11 is 4.79. The van der Waals surface area contributed by atoms with E-state index in [1.54, 1.807) is 0 Å². The van der Waals surface area contributed by atoms with Gasteiger partial charge in [-0.3, -0.25) is 0 Å². The first-order valence-corrected chi connectivity index (χ1v) is 4.53. The van der Waals surface area contributed by atoms with Gasteiger partial charge in [-0.15, -0.1) is 0 Å².